The van der Waals surface area contributed by atoms with E-state index >= 15 is 0 Å². The first kappa shape index (κ1) is 17.2. The minimum absolute atomic E-state index is 0.0371. The molecule has 0 aromatic heterocycles. The molecule has 22 heavy (non-hydrogen) atoms. The largest absolute Gasteiger partial charge is 0.407 e. The maximum absolute atomic E-state index is 11.7. The van der Waals surface area contributed by atoms with Crippen LogP contribution in [0.1, 0.15) is 43.8 Å². The predicted molar refractivity (Wildman–Crippen MR) is 94.3 cm³/mol. The lowest BCUT2D eigenvalue weighted by atomic mass is 9.82. The maximum Gasteiger partial charge on any atom is 0.185 e. The fourth-order valence-electron chi connectivity index (χ4n) is 3.13. The van der Waals surface area contributed by atoms with E-state index in [0.717, 1.165) is 31.3 Å². The highest BCUT2D eigenvalue weighted by molar-refractivity contribution is 6.69. The van der Waals surface area contributed by atoms with Crippen molar-refractivity contribution in [3.05, 3.63) is 48.0 Å². The highest BCUT2D eigenvalue weighted by Gasteiger charge is 2.27. The molecule has 2 atom stereocenters. The summed E-state index contributed by atoms with van der Waals surface area (Å²) < 4.78 is 6.41. The van der Waals surface area contributed by atoms with Crippen LogP contribution in [0.3, 0.4) is 0 Å². The first-order valence-electron chi connectivity index (χ1n) is 8.27. The zero-order chi connectivity index (χ0) is 16.2. The van der Waals surface area contributed by atoms with Crippen LogP contribution in [-0.2, 0) is 9.22 Å². The molecule has 3 heteroatoms. The molecule has 0 saturated heterocycles. The molecule has 1 aliphatic carbocycles. The summed E-state index contributed by atoms with van der Waals surface area (Å²) in [7, 11) is -1.67. The zero-order valence-electron chi connectivity index (χ0n) is 14.1. The fourth-order valence-corrected chi connectivity index (χ4v) is 4.14. The van der Waals surface area contributed by atoms with Gasteiger partial charge >= 0.3 is 0 Å². The van der Waals surface area contributed by atoms with Crippen molar-refractivity contribution in [3.8, 4) is 0 Å². The van der Waals surface area contributed by atoms with Gasteiger partial charge in [-0.05, 0) is 56.0 Å². The zero-order valence-corrected chi connectivity index (χ0v) is 15.1. The van der Waals surface area contributed by atoms with Gasteiger partial charge in [-0.1, -0.05) is 36.9 Å². The smallest absolute Gasteiger partial charge is 0.185 e. The van der Waals surface area contributed by atoms with Crippen molar-refractivity contribution in [2.75, 3.05) is 0 Å². The number of hydrogen-bond donors (Lipinski definition) is 0. The molecule has 0 radical (unpaired) electrons. The van der Waals surface area contributed by atoms with Gasteiger partial charge in [0.1, 0.15) is 5.78 Å². The third kappa shape index (κ3) is 5.22. The van der Waals surface area contributed by atoms with Crippen LogP contribution in [0.15, 0.2) is 42.5 Å². The number of Topliss-reactive ketones (excluding diaryl/α,β-unsaturated/α-hetero) is 1. The summed E-state index contributed by atoms with van der Waals surface area (Å²) >= 11 is 0. The topological polar surface area (TPSA) is 26.3 Å². The molecule has 1 aromatic rings. The van der Waals surface area contributed by atoms with Crippen LogP contribution in [0, 0.1) is 5.92 Å². The predicted octanol–water partition coefficient (Wildman–Crippen LogP) is 5.28. The molecule has 2 nitrogen and oxygen atoms in total. The van der Waals surface area contributed by atoms with Crippen molar-refractivity contribution in [1.29, 1.82) is 0 Å². The number of rotatable bonds is 6. The van der Waals surface area contributed by atoms with Crippen LogP contribution < -0.4 is 0 Å². The average Bonchev–Trinajstić information content (AvgIpc) is 2.45. The Balaban J connectivity index is 2.10. The molecule has 1 aromatic carbocycles. The Morgan fingerprint density at radius 1 is 1.32 bits per heavy atom. The van der Waals surface area contributed by atoms with Crippen LogP contribution in [0.4, 0.5) is 0 Å². The van der Waals surface area contributed by atoms with Crippen LogP contribution in [0.5, 0.6) is 0 Å². The Hall–Kier alpha value is -1.19. The third-order valence-electron chi connectivity index (χ3n) is 4.08. The summed E-state index contributed by atoms with van der Waals surface area (Å²) in [4.78, 5) is 11.7. The van der Waals surface area contributed by atoms with Gasteiger partial charge in [0.25, 0.3) is 0 Å². The van der Waals surface area contributed by atoms with E-state index in [2.05, 4.69) is 38.4 Å². The number of carbonyl (C=O) groups is 1. The first-order chi connectivity index (χ1) is 10.3. The normalized spacial score (nSPS) is 20.7. The molecule has 2 rings (SSSR count). The van der Waals surface area contributed by atoms with Crippen molar-refractivity contribution in [2.45, 2.75) is 57.8 Å². The second-order valence-electron chi connectivity index (χ2n) is 7.38. The van der Waals surface area contributed by atoms with E-state index in [1.165, 1.54) is 5.56 Å². The second-order valence-corrected chi connectivity index (χ2v) is 11.8. The lowest BCUT2D eigenvalue weighted by Crippen LogP contribution is -2.29. The molecule has 120 valence electrons. The van der Waals surface area contributed by atoms with E-state index in [4.69, 9.17) is 4.43 Å². The van der Waals surface area contributed by atoms with Gasteiger partial charge in [-0.2, -0.15) is 0 Å². The van der Waals surface area contributed by atoms with Crippen molar-refractivity contribution in [2.24, 2.45) is 5.92 Å². The monoisotopic (exact) mass is 316 g/mol. The van der Waals surface area contributed by atoms with Crippen LogP contribution >= 0.6 is 0 Å². The second kappa shape index (κ2) is 7.38. The Morgan fingerprint density at radius 2 is 2.00 bits per heavy atom. The molecule has 0 spiro atoms. The minimum Gasteiger partial charge on any atom is -0.407 e. The summed E-state index contributed by atoms with van der Waals surface area (Å²) in [5.74, 6) is 0.858. The first-order valence-corrected chi connectivity index (χ1v) is 11.7. The number of benzene rings is 1. The SMILES string of the molecule is C=C(CC1CCCC(=O)C1)C(O[Si](C)(C)C)c1ccccc1. The van der Waals surface area contributed by atoms with Gasteiger partial charge in [0.2, 0.25) is 0 Å². The van der Waals surface area contributed by atoms with Gasteiger partial charge in [0.05, 0.1) is 6.10 Å². The van der Waals surface area contributed by atoms with Gasteiger partial charge < -0.3 is 4.43 Å². The lowest BCUT2D eigenvalue weighted by molar-refractivity contribution is -0.121. The summed E-state index contributed by atoms with van der Waals surface area (Å²) in [6, 6.07) is 10.3. The molecular weight excluding hydrogens is 288 g/mol. The highest BCUT2D eigenvalue weighted by atomic mass is 28.4. The average molecular weight is 317 g/mol. The summed E-state index contributed by atoms with van der Waals surface area (Å²) in [5.41, 5.74) is 2.30. The van der Waals surface area contributed by atoms with Crippen molar-refractivity contribution >= 4 is 14.1 Å². The molecule has 0 amide bonds. The number of hydrogen-bond acceptors (Lipinski definition) is 2. The highest BCUT2D eigenvalue weighted by Crippen LogP contribution is 2.35. The Kier molecular flexibility index (Phi) is 5.76. The molecule has 1 saturated carbocycles. The van der Waals surface area contributed by atoms with E-state index < -0.39 is 8.32 Å². The number of carbonyl (C=O) groups excluding carboxylic acids is 1. The molecule has 0 heterocycles. The Bertz CT molecular complexity index is 516. The molecule has 0 N–H and O–H groups in total. The fraction of sp³-hybridized carbons (Fsp3) is 0.526. The van der Waals surface area contributed by atoms with E-state index in [0.29, 0.717) is 18.1 Å². The lowest BCUT2D eigenvalue weighted by Gasteiger charge is -2.31. The van der Waals surface area contributed by atoms with Crippen LogP contribution in [0.2, 0.25) is 19.6 Å². The van der Waals surface area contributed by atoms with E-state index in [9.17, 15) is 4.79 Å². The summed E-state index contributed by atoms with van der Waals surface area (Å²) in [5, 5.41) is 0. The van der Waals surface area contributed by atoms with Gasteiger partial charge in [-0.15, -0.1) is 0 Å². The summed E-state index contributed by atoms with van der Waals surface area (Å²) in [6.45, 7) is 10.9. The summed E-state index contributed by atoms with van der Waals surface area (Å²) in [6.07, 6.45) is 4.51. The van der Waals surface area contributed by atoms with Crippen molar-refractivity contribution < 1.29 is 9.22 Å². The number of ketones is 1. The maximum atomic E-state index is 11.7. The molecule has 1 aliphatic rings. The van der Waals surface area contributed by atoms with Crippen molar-refractivity contribution in [3.63, 3.8) is 0 Å². The molecule has 1 fully saturated rings. The van der Waals surface area contributed by atoms with Crippen molar-refractivity contribution in [1.82, 2.24) is 0 Å². The van der Waals surface area contributed by atoms with Crippen LogP contribution in [-0.4, -0.2) is 14.1 Å². The van der Waals surface area contributed by atoms with Crippen LogP contribution in [0.25, 0.3) is 0 Å². The quantitative estimate of drug-likeness (QED) is 0.527. The molecular formula is C19H28O2Si. The van der Waals surface area contributed by atoms with Gasteiger partial charge in [0, 0.05) is 12.8 Å². The van der Waals surface area contributed by atoms with Gasteiger partial charge in [-0.3, -0.25) is 4.79 Å². The van der Waals surface area contributed by atoms with E-state index in [1.54, 1.807) is 0 Å². The Labute approximate surface area is 135 Å². The molecule has 2 unspecified atom stereocenters. The standard InChI is InChI=1S/C19H28O2Si/c1-15(13-16-9-8-12-18(20)14-16)19(21-22(2,3)4)17-10-6-5-7-11-17/h5-7,10-11,16,19H,1,8-9,12-14H2,2-4H3. The van der Waals surface area contributed by atoms with Gasteiger partial charge in [0.15, 0.2) is 8.32 Å². The van der Waals surface area contributed by atoms with E-state index in [-0.39, 0.29) is 6.10 Å². The molecule has 0 bridgehead atoms. The van der Waals surface area contributed by atoms with E-state index in [1.807, 2.05) is 18.2 Å². The van der Waals surface area contributed by atoms with Gasteiger partial charge in [-0.25, -0.2) is 0 Å². The third-order valence-corrected chi connectivity index (χ3v) is 5.02. The Morgan fingerprint density at radius 3 is 2.59 bits per heavy atom. The minimum atomic E-state index is -1.67. The molecule has 0 aliphatic heterocycles.